The second kappa shape index (κ2) is 11.1. The van der Waals surface area contributed by atoms with Crippen molar-refractivity contribution in [2.75, 3.05) is 25.8 Å². The second-order valence-electron chi connectivity index (χ2n) is 8.92. The zero-order valence-electron chi connectivity index (χ0n) is 19.7. The van der Waals surface area contributed by atoms with Gasteiger partial charge in [0.2, 0.25) is 11.1 Å². The Labute approximate surface area is 200 Å². The first-order valence-corrected chi connectivity index (χ1v) is 13.0. The highest BCUT2D eigenvalue weighted by Gasteiger charge is 2.32. The second-order valence-corrected chi connectivity index (χ2v) is 9.86. The van der Waals surface area contributed by atoms with Crippen LogP contribution >= 0.6 is 11.8 Å². The van der Waals surface area contributed by atoms with Crippen molar-refractivity contribution in [1.29, 1.82) is 0 Å². The normalized spacial score (nSPS) is 17.6. The zero-order chi connectivity index (χ0) is 23.2. The van der Waals surface area contributed by atoms with E-state index in [-0.39, 0.29) is 5.91 Å². The number of rotatable bonds is 8. The average molecular weight is 474 g/mol. The first-order chi connectivity index (χ1) is 16.1. The van der Waals surface area contributed by atoms with Gasteiger partial charge < -0.3 is 20.2 Å². The predicted molar refractivity (Wildman–Crippen MR) is 130 cm³/mol. The van der Waals surface area contributed by atoms with Crippen LogP contribution in [0.2, 0.25) is 0 Å². The number of nitrogens with zero attached hydrogens (tertiary/aromatic N) is 4. The molecule has 1 heterocycles. The third-order valence-electron chi connectivity index (χ3n) is 6.86. The van der Waals surface area contributed by atoms with E-state index in [1.54, 1.807) is 14.2 Å². The molecule has 0 saturated heterocycles. The molecule has 1 aromatic heterocycles. The van der Waals surface area contributed by atoms with E-state index >= 15 is 0 Å². The van der Waals surface area contributed by atoms with Crippen LogP contribution < -0.4 is 15.3 Å². The number of aromatic nitrogens is 3. The van der Waals surface area contributed by atoms with Crippen LogP contribution in [0.5, 0.6) is 11.5 Å². The number of methoxy groups -OCH3 is 2. The Bertz CT molecular complexity index is 920. The van der Waals surface area contributed by atoms with Gasteiger partial charge in [-0.1, -0.05) is 50.3 Å². The number of nitrogens with two attached hydrogens (primary N) is 1. The van der Waals surface area contributed by atoms with Crippen molar-refractivity contribution in [2.24, 2.45) is 0 Å². The Hall–Kier alpha value is -2.42. The number of thioether (sulfide) groups is 1. The van der Waals surface area contributed by atoms with E-state index in [2.05, 4.69) is 15.1 Å². The summed E-state index contributed by atoms with van der Waals surface area (Å²) in [6.07, 6.45) is 12.0. The van der Waals surface area contributed by atoms with Gasteiger partial charge >= 0.3 is 0 Å². The molecule has 1 aromatic carbocycles. The van der Waals surface area contributed by atoms with Gasteiger partial charge in [-0.15, -0.1) is 10.2 Å². The van der Waals surface area contributed by atoms with Gasteiger partial charge in [-0.25, -0.2) is 4.68 Å². The lowest BCUT2D eigenvalue weighted by atomic mass is 9.88. The Morgan fingerprint density at radius 3 is 2.18 bits per heavy atom. The highest BCUT2D eigenvalue weighted by atomic mass is 32.2. The highest BCUT2D eigenvalue weighted by Crippen LogP contribution is 2.33. The monoisotopic (exact) mass is 473 g/mol. The fraction of sp³-hybridized carbons (Fsp3) is 0.625. The molecule has 0 aliphatic heterocycles. The molecule has 0 spiro atoms. The number of nitrogen functional groups attached to an aromatic ring is 1. The molecular weight excluding hydrogens is 438 g/mol. The lowest BCUT2D eigenvalue weighted by Crippen LogP contribution is -2.49. The lowest BCUT2D eigenvalue weighted by molar-refractivity contribution is -0.135. The summed E-state index contributed by atoms with van der Waals surface area (Å²) < 4.78 is 12.1. The number of hydrogen-bond acceptors (Lipinski definition) is 7. The molecule has 2 aliphatic rings. The van der Waals surface area contributed by atoms with Crippen molar-refractivity contribution in [1.82, 2.24) is 19.8 Å². The number of carbonyl (C=O) groups is 1. The molecule has 2 aromatic rings. The van der Waals surface area contributed by atoms with Gasteiger partial charge in [0, 0.05) is 17.6 Å². The first kappa shape index (κ1) is 23.7. The summed E-state index contributed by atoms with van der Waals surface area (Å²) in [5.41, 5.74) is 0.770. The fourth-order valence-corrected chi connectivity index (χ4v) is 5.90. The molecular formula is C24H35N5O3S. The van der Waals surface area contributed by atoms with E-state index in [1.165, 1.54) is 55.0 Å². The van der Waals surface area contributed by atoms with Crippen molar-refractivity contribution in [2.45, 2.75) is 81.4 Å². The van der Waals surface area contributed by atoms with Crippen LogP contribution in [0.4, 0.5) is 0 Å². The summed E-state index contributed by atoms with van der Waals surface area (Å²) in [7, 11) is 3.19. The van der Waals surface area contributed by atoms with Crippen LogP contribution in [-0.4, -0.2) is 57.7 Å². The van der Waals surface area contributed by atoms with Gasteiger partial charge in [0.05, 0.1) is 20.0 Å². The number of carbonyl (C=O) groups excluding carboxylic acids is 1. The van der Waals surface area contributed by atoms with E-state index in [0.717, 1.165) is 31.2 Å². The molecule has 0 unspecified atom stereocenters. The molecule has 4 rings (SSSR count). The first-order valence-electron chi connectivity index (χ1n) is 12.0. The predicted octanol–water partition coefficient (Wildman–Crippen LogP) is 4.26. The maximum absolute atomic E-state index is 13.4. The van der Waals surface area contributed by atoms with Gasteiger partial charge in [-0.2, -0.15) is 0 Å². The van der Waals surface area contributed by atoms with Gasteiger partial charge in [0.1, 0.15) is 0 Å². The van der Waals surface area contributed by atoms with Crippen LogP contribution in [0.3, 0.4) is 0 Å². The SMILES string of the molecule is COc1ccc(-c2nnc(SCC(=O)N(C3CCCCC3)C3CCCCC3)n2N)cc1OC. The molecule has 0 bridgehead atoms. The van der Waals surface area contributed by atoms with E-state index < -0.39 is 0 Å². The topological polar surface area (TPSA) is 95.5 Å². The maximum Gasteiger partial charge on any atom is 0.233 e. The molecule has 0 atom stereocenters. The summed E-state index contributed by atoms with van der Waals surface area (Å²) in [4.78, 5) is 15.7. The highest BCUT2D eigenvalue weighted by molar-refractivity contribution is 7.99. The van der Waals surface area contributed by atoms with Gasteiger partial charge in [0.15, 0.2) is 17.3 Å². The minimum absolute atomic E-state index is 0.203. The molecule has 9 heteroatoms. The van der Waals surface area contributed by atoms with Gasteiger partial charge in [0.25, 0.3) is 0 Å². The van der Waals surface area contributed by atoms with Crippen LogP contribution in [0, 0.1) is 0 Å². The third kappa shape index (κ3) is 5.39. The smallest absolute Gasteiger partial charge is 0.233 e. The standard InChI is InChI=1S/C24H35N5O3S/c1-31-20-14-13-17(15-21(20)32-2)23-26-27-24(29(23)25)33-16-22(30)28(18-9-5-3-6-10-18)19-11-7-4-8-12-19/h13-15,18-19H,3-12,16,25H2,1-2H3. The average Bonchev–Trinajstić information content (AvgIpc) is 3.23. The summed E-state index contributed by atoms with van der Waals surface area (Å²) in [6.45, 7) is 0. The van der Waals surface area contributed by atoms with Gasteiger partial charge in [-0.05, 0) is 43.9 Å². The molecule has 0 radical (unpaired) electrons. The Balaban J connectivity index is 1.46. The lowest BCUT2D eigenvalue weighted by Gasteiger charge is -2.41. The van der Waals surface area contributed by atoms with Crippen molar-refractivity contribution >= 4 is 17.7 Å². The molecule has 8 nitrogen and oxygen atoms in total. The summed E-state index contributed by atoms with van der Waals surface area (Å²) in [6, 6.07) is 6.26. The zero-order valence-corrected chi connectivity index (χ0v) is 20.5. The molecule has 1 amide bonds. The Morgan fingerprint density at radius 2 is 1.61 bits per heavy atom. The van der Waals surface area contributed by atoms with E-state index in [9.17, 15) is 4.79 Å². The van der Waals surface area contributed by atoms with Crippen LogP contribution in [0.1, 0.15) is 64.2 Å². The molecule has 2 N–H and O–H groups in total. The Morgan fingerprint density at radius 1 is 1.00 bits per heavy atom. The van der Waals surface area contributed by atoms with Crippen LogP contribution in [0.15, 0.2) is 23.4 Å². The minimum Gasteiger partial charge on any atom is -0.493 e. The molecule has 2 fully saturated rings. The Kier molecular flexibility index (Phi) is 8.01. The van der Waals surface area contributed by atoms with Crippen molar-refractivity contribution in [3.05, 3.63) is 18.2 Å². The molecule has 33 heavy (non-hydrogen) atoms. The summed E-state index contributed by atoms with van der Waals surface area (Å²) >= 11 is 1.36. The van der Waals surface area contributed by atoms with Crippen molar-refractivity contribution < 1.29 is 14.3 Å². The van der Waals surface area contributed by atoms with Crippen LogP contribution in [0.25, 0.3) is 11.4 Å². The van der Waals surface area contributed by atoms with E-state index in [1.807, 2.05) is 18.2 Å². The minimum atomic E-state index is 0.203. The number of amides is 1. The van der Waals surface area contributed by atoms with Crippen molar-refractivity contribution in [3.63, 3.8) is 0 Å². The number of hydrogen-bond donors (Lipinski definition) is 1. The molecule has 180 valence electrons. The number of benzene rings is 1. The fourth-order valence-electron chi connectivity index (χ4n) is 5.17. The maximum atomic E-state index is 13.4. The van der Waals surface area contributed by atoms with E-state index in [4.69, 9.17) is 15.3 Å². The van der Waals surface area contributed by atoms with Crippen molar-refractivity contribution in [3.8, 4) is 22.9 Å². The summed E-state index contributed by atoms with van der Waals surface area (Å²) in [5, 5.41) is 9.05. The van der Waals surface area contributed by atoms with Crippen LogP contribution in [-0.2, 0) is 4.79 Å². The quantitative estimate of drug-likeness (QED) is 0.452. The van der Waals surface area contributed by atoms with Gasteiger partial charge in [-0.3, -0.25) is 4.79 Å². The third-order valence-corrected chi connectivity index (χ3v) is 7.78. The summed E-state index contributed by atoms with van der Waals surface area (Å²) in [5.74, 6) is 8.60. The largest absolute Gasteiger partial charge is 0.493 e. The number of ether oxygens (including phenoxy) is 2. The molecule has 2 saturated carbocycles. The molecule has 2 aliphatic carbocycles. The van der Waals surface area contributed by atoms with E-state index in [0.29, 0.717) is 40.3 Å².